The number of nitrogens with zero attached hydrogens (tertiary/aromatic N) is 2. The number of carbonyl (C=O) groups is 2. The van der Waals surface area contributed by atoms with Crippen LogP contribution in [-0.4, -0.2) is 39.9 Å². The minimum atomic E-state index is -0.520. The summed E-state index contributed by atoms with van der Waals surface area (Å²) < 4.78 is 25.8. The number of amides is 1. The standard InChI is InChI=1S/C27H33FN2O4/c1-17-14-19(12-13-30(17)26(32)34-27(2,3)4)23-6-5-7-24(29-23)33-16-21-11-10-20(15-22(21)28)25(31)18-8-9-18/h5-7,10-11,15,17-19H,8-9,12-14,16H2,1-4H3/t17-,19?/m0/s1. The van der Waals surface area contributed by atoms with Gasteiger partial charge in [-0.15, -0.1) is 0 Å². The van der Waals surface area contributed by atoms with Crippen LogP contribution in [0.4, 0.5) is 9.18 Å². The molecule has 182 valence electrons. The summed E-state index contributed by atoms with van der Waals surface area (Å²) in [4.78, 5) is 31.1. The number of hydrogen-bond donors (Lipinski definition) is 0. The normalized spacial score (nSPS) is 20.7. The number of pyridine rings is 1. The highest BCUT2D eigenvalue weighted by Gasteiger charge is 2.33. The van der Waals surface area contributed by atoms with Crippen LogP contribution >= 0.6 is 0 Å². The lowest BCUT2D eigenvalue weighted by atomic mass is 9.89. The highest BCUT2D eigenvalue weighted by molar-refractivity contribution is 5.99. The van der Waals surface area contributed by atoms with Crippen molar-refractivity contribution in [1.82, 2.24) is 9.88 Å². The summed E-state index contributed by atoms with van der Waals surface area (Å²) in [7, 11) is 0. The minimum Gasteiger partial charge on any atom is -0.473 e. The number of ketones is 1. The molecule has 0 radical (unpaired) electrons. The second kappa shape index (κ2) is 9.72. The van der Waals surface area contributed by atoms with E-state index in [1.54, 1.807) is 23.1 Å². The molecule has 4 rings (SSSR count). The molecule has 1 aromatic carbocycles. The van der Waals surface area contributed by atoms with Gasteiger partial charge in [-0.1, -0.05) is 18.2 Å². The number of Topliss-reactive ketones (excluding diaryl/α,β-unsaturated/α-hetero) is 1. The summed E-state index contributed by atoms with van der Waals surface area (Å²) in [5.41, 5.74) is 1.20. The van der Waals surface area contributed by atoms with Gasteiger partial charge in [0.05, 0.1) is 0 Å². The van der Waals surface area contributed by atoms with Crippen molar-refractivity contribution >= 4 is 11.9 Å². The largest absolute Gasteiger partial charge is 0.473 e. The fourth-order valence-corrected chi connectivity index (χ4v) is 4.32. The van der Waals surface area contributed by atoms with Crippen molar-refractivity contribution in [3.63, 3.8) is 0 Å². The Hall–Kier alpha value is -2.96. The lowest BCUT2D eigenvalue weighted by Gasteiger charge is -2.38. The molecule has 1 saturated carbocycles. The Morgan fingerprint density at radius 1 is 1.15 bits per heavy atom. The number of carbonyl (C=O) groups excluding carboxylic acids is 2. The molecule has 1 aromatic heterocycles. The summed E-state index contributed by atoms with van der Waals surface area (Å²) in [6, 6.07) is 10.2. The van der Waals surface area contributed by atoms with Crippen molar-refractivity contribution < 1.29 is 23.5 Å². The molecular formula is C27H33FN2O4. The molecule has 2 heterocycles. The zero-order valence-corrected chi connectivity index (χ0v) is 20.3. The van der Waals surface area contributed by atoms with Crippen molar-refractivity contribution in [3.05, 3.63) is 59.0 Å². The van der Waals surface area contributed by atoms with Crippen molar-refractivity contribution in [2.75, 3.05) is 6.54 Å². The molecule has 0 N–H and O–H groups in total. The molecule has 1 unspecified atom stereocenters. The van der Waals surface area contributed by atoms with Gasteiger partial charge in [-0.05, 0) is 65.5 Å². The number of hydrogen-bond acceptors (Lipinski definition) is 5. The lowest BCUT2D eigenvalue weighted by Crippen LogP contribution is -2.46. The van der Waals surface area contributed by atoms with Crippen LogP contribution in [0.15, 0.2) is 36.4 Å². The first-order valence-electron chi connectivity index (χ1n) is 12.0. The molecule has 0 bridgehead atoms. The molecule has 2 fully saturated rings. The Morgan fingerprint density at radius 2 is 1.91 bits per heavy atom. The maximum Gasteiger partial charge on any atom is 0.410 e. The highest BCUT2D eigenvalue weighted by Crippen LogP contribution is 2.34. The summed E-state index contributed by atoms with van der Waals surface area (Å²) in [6.07, 6.45) is 3.07. The molecule has 2 aromatic rings. The SMILES string of the molecule is C[C@H]1CC(c2cccc(OCc3ccc(C(=O)C4CC4)cc3F)n2)CCN1C(=O)OC(C)(C)C. The van der Waals surface area contributed by atoms with Gasteiger partial charge in [-0.2, -0.15) is 0 Å². The topological polar surface area (TPSA) is 68.7 Å². The third kappa shape index (κ3) is 5.93. The number of aromatic nitrogens is 1. The smallest absolute Gasteiger partial charge is 0.410 e. The maximum absolute atomic E-state index is 14.5. The second-order valence-electron chi connectivity index (χ2n) is 10.4. The molecule has 6 nitrogen and oxygen atoms in total. The van der Waals surface area contributed by atoms with E-state index in [9.17, 15) is 14.0 Å². The third-order valence-electron chi connectivity index (χ3n) is 6.33. The Morgan fingerprint density at radius 3 is 2.56 bits per heavy atom. The van der Waals surface area contributed by atoms with Crippen molar-refractivity contribution in [3.8, 4) is 5.88 Å². The number of ether oxygens (including phenoxy) is 2. The lowest BCUT2D eigenvalue weighted by molar-refractivity contribution is 0.0102. The molecule has 2 aliphatic rings. The average Bonchev–Trinajstić information content (AvgIpc) is 3.62. The van der Waals surface area contributed by atoms with Crippen LogP contribution in [0.2, 0.25) is 0 Å². The summed E-state index contributed by atoms with van der Waals surface area (Å²) in [5.74, 6) is 0.268. The van der Waals surface area contributed by atoms with Gasteiger partial charge < -0.3 is 14.4 Å². The van der Waals surface area contributed by atoms with Crippen LogP contribution in [-0.2, 0) is 11.3 Å². The van der Waals surface area contributed by atoms with E-state index in [4.69, 9.17) is 9.47 Å². The van der Waals surface area contributed by atoms with E-state index < -0.39 is 11.4 Å². The second-order valence-corrected chi connectivity index (χ2v) is 10.4. The molecule has 2 atom stereocenters. The van der Waals surface area contributed by atoms with E-state index in [0.717, 1.165) is 31.4 Å². The molecular weight excluding hydrogens is 435 g/mol. The maximum atomic E-state index is 14.5. The Bertz CT molecular complexity index is 1060. The third-order valence-corrected chi connectivity index (χ3v) is 6.33. The van der Waals surface area contributed by atoms with E-state index in [-0.39, 0.29) is 36.4 Å². The zero-order chi connectivity index (χ0) is 24.5. The summed E-state index contributed by atoms with van der Waals surface area (Å²) in [5, 5.41) is 0. The Labute approximate surface area is 200 Å². The van der Waals surface area contributed by atoms with Gasteiger partial charge in [0.1, 0.15) is 18.0 Å². The predicted molar refractivity (Wildman–Crippen MR) is 126 cm³/mol. The Balaban J connectivity index is 1.35. The first kappa shape index (κ1) is 24.2. The number of rotatable bonds is 6. The van der Waals surface area contributed by atoms with Gasteiger partial charge in [-0.3, -0.25) is 4.79 Å². The van der Waals surface area contributed by atoms with Crippen molar-refractivity contribution in [2.24, 2.45) is 5.92 Å². The molecule has 1 aliphatic heterocycles. The highest BCUT2D eigenvalue weighted by atomic mass is 19.1. The molecule has 1 amide bonds. The molecule has 7 heteroatoms. The molecule has 1 saturated heterocycles. The van der Waals surface area contributed by atoms with E-state index in [2.05, 4.69) is 4.98 Å². The monoisotopic (exact) mass is 468 g/mol. The van der Waals surface area contributed by atoms with E-state index in [1.807, 2.05) is 39.8 Å². The van der Waals surface area contributed by atoms with Gasteiger partial charge in [-0.25, -0.2) is 14.2 Å². The van der Waals surface area contributed by atoms with E-state index >= 15 is 0 Å². The van der Waals surface area contributed by atoms with Gasteiger partial charge >= 0.3 is 6.09 Å². The van der Waals surface area contributed by atoms with Crippen molar-refractivity contribution in [2.45, 2.75) is 77.5 Å². The summed E-state index contributed by atoms with van der Waals surface area (Å²) in [6.45, 7) is 8.26. The number of likely N-dealkylation sites (tertiary alicyclic amines) is 1. The minimum absolute atomic E-state index is 0.0210. The van der Waals surface area contributed by atoms with Crippen LogP contribution in [0, 0.1) is 11.7 Å². The fourth-order valence-electron chi connectivity index (χ4n) is 4.32. The first-order chi connectivity index (χ1) is 16.1. The fraction of sp³-hybridized carbons (Fsp3) is 0.519. The molecule has 1 aliphatic carbocycles. The van der Waals surface area contributed by atoms with Gasteiger partial charge in [0.25, 0.3) is 0 Å². The van der Waals surface area contributed by atoms with Crippen molar-refractivity contribution in [1.29, 1.82) is 0 Å². The van der Waals surface area contributed by atoms with E-state index in [0.29, 0.717) is 23.6 Å². The predicted octanol–water partition coefficient (Wildman–Crippen LogP) is 5.90. The van der Waals surface area contributed by atoms with Gasteiger partial charge in [0.15, 0.2) is 5.78 Å². The van der Waals surface area contributed by atoms with Gasteiger partial charge in [0, 0.05) is 47.3 Å². The van der Waals surface area contributed by atoms with Crippen LogP contribution in [0.25, 0.3) is 0 Å². The van der Waals surface area contributed by atoms with E-state index in [1.165, 1.54) is 6.07 Å². The number of benzene rings is 1. The quantitative estimate of drug-likeness (QED) is 0.494. The Kier molecular flexibility index (Phi) is 6.91. The van der Waals surface area contributed by atoms with Crippen LogP contribution < -0.4 is 4.74 Å². The molecule has 0 spiro atoms. The zero-order valence-electron chi connectivity index (χ0n) is 20.3. The average molecular weight is 469 g/mol. The van der Waals surface area contributed by atoms with Crippen LogP contribution in [0.1, 0.15) is 80.9 Å². The van der Waals surface area contributed by atoms with Gasteiger partial charge in [0.2, 0.25) is 5.88 Å². The number of halogens is 1. The summed E-state index contributed by atoms with van der Waals surface area (Å²) >= 11 is 0. The first-order valence-corrected chi connectivity index (χ1v) is 12.0. The number of piperidine rings is 1. The van der Waals surface area contributed by atoms with Crippen LogP contribution in [0.3, 0.4) is 0 Å². The molecule has 34 heavy (non-hydrogen) atoms. The van der Waals surface area contributed by atoms with Crippen LogP contribution in [0.5, 0.6) is 5.88 Å².